The van der Waals surface area contributed by atoms with Gasteiger partial charge in [0.1, 0.15) is 5.37 Å². The van der Waals surface area contributed by atoms with Gasteiger partial charge >= 0.3 is 0 Å². The maximum absolute atomic E-state index is 12.2. The van der Waals surface area contributed by atoms with Crippen molar-refractivity contribution in [2.75, 3.05) is 12.3 Å². The zero-order chi connectivity index (χ0) is 16.4. The summed E-state index contributed by atoms with van der Waals surface area (Å²) in [5.74, 6) is 1.32. The van der Waals surface area contributed by atoms with E-state index in [-0.39, 0.29) is 11.3 Å². The van der Waals surface area contributed by atoms with Gasteiger partial charge in [0.25, 0.3) is 0 Å². The van der Waals surface area contributed by atoms with Gasteiger partial charge in [-0.05, 0) is 33.4 Å². The Hall–Kier alpha value is -1.52. The van der Waals surface area contributed by atoms with Gasteiger partial charge in [-0.25, -0.2) is 0 Å². The minimum Gasteiger partial charge on any atom is -0.326 e. The Morgan fingerprint density at radius 3 is 2.70 bits per heavy atom. The van der Waals surface area contributed by atoms with E-state index in [0.29, 0.717) is 11.7 Å². The van der Waals surface area contributed by atoms with Crippen LogP contribution < -0.4 is 0 Å². The van der Waals surface area contributed by atoms with Crippen molar-refractivity contribution >= 4 is 35.1 Å². The highest BCUT2D eigenvalue weighted by Crippen LogP contribution is 2.44. The molecule has 0 spiro atoms. The third-order valence-corrected chi connectivity index (χ3v) is 5.94. The lowest BCUT2D eigenvalue weighted by molar-refractivity contribution is -0.128. The Labute approximate surface area is 146 Å². The van der Waals surface area contributed by atoms with E-state index in [1.54, 1.807) is 23.1 Å². The van der Waals surface area contributed by atoms with Gasteiger partial charge in [0.15, 0.2) is 0 Å². The monoisotopic (exact) mass is 343 g/mol. The second-order valence-electron chi connectivity index (χ2n) is 6.17. The van der Waals surface area contributed by atoms with Crippen molar-refractivity contribution in [3.63, 3.8) is 0 Å². The van der Waals surface area contributed by atoms with Crippen LogP contribution in [0.3, 0.4) is 0 Å². The average molecular weight is 344 g/mol. The first kappa shape index (κ1) is 16.3. The predicted octanol–water partition coefficient (Wildman–Crippen LogP) is 5.29. The van der Waals surface area contributed by atoms with E-state index in [0.717, 1.165) is 12.1 Å². The molecule has 0 bridgehead atoms. The van der Waals surface area contributed by atoms with E-state index < -0.39 is 0 Å². The summed E-state index contributed by atoms with van der Waals surface area (Å²) >= 11 is 3.45. The molecule has 0 N–H and O–H groups in total. The SMILES string of the molecule is C=Cc1ccc(-c2cscc2C2SCC(=O)N2CC(C)C)cc1. The molecule has 2 aromatic rings. The van der Waals surface area contributed by atoms with Gasteiger partial charge < -0.3 is 4.90 Å². The number of thioether (sulfide) groups is 1. The number of thiophene rings is 1. The van der Waals surface area contributed by atoms with Crippen LogP contribution in [-0.4, -0.2) is 23.1 Å². The Morgan fingerprint density at radius 1 is 1.30 bits per heavy atom. The van der Waals surface area contributed by atoms with Crippen molar-refractivity contribution in [2.45, 2.75) is 19.2 Å². The van der Waals surface area contributed by atoms with Gasteiger partial charge in [-0.3, -0.25) is 4.79 Å². The number of hydrogen-bond acceptors (Lipinski definition) is 3. The fourth-order valence-corrected chi connectivity index (χ4v) is 5.02. The van der Waals surface area contributed by atoms with Crippen LogP contribution in [0, 0.1) is 5.92 Å². The summed E-state index contributed by atoms with van der Waals surface area (Å²) in [6, 6.07) is 8.44. The summed E-state index contributed by atoms with van der Waals surface area (Å²) in [7, 11) is 0. The maximum atomic E-state index is 12.2. The predicted molar refractivity (Wildman–Crippen MR) is 102 cm³/mol. The minimum atomic E-state index is 0.144. The van der Waals surface area contributed by atoms with E-state index in [4.69, 9.17) is 0 Å². The van der Waals surface area contributed by atoms with Gasteiger partial charge in [-0.15, -0.1) is 11.8 Å². The Kier molecular flexibility index (Phi) is 4.93. The normalized spacial score (nSPS) is 18.0. The molecule has 1 saturated heterocycles. The molecule has 1 aromatic carbocycles. The van der Waals surface area contributed by atoms with E-state index in [2.05, 4.69) is 55.5 Å². The fraction of sp³-hybridized carbons (Fsp3) is 0.316. The number of hydrogen-bond donors (Lipinski definition) is 0. The standard InChI is InChI=1S/C19H21NOS2/c1-4-14-5-7-15(8-6-14)16-10-22-11-17(16)19-20(9-13(2)3)18(21)12-23-19/h4-8,10-11,13,19H,1,9,12H2,2-3H3. The minimum absolute atomic E-state index is 0.144. The van der Waals surface area contributed by atoms with Crippen LogP contribution in [0.2, 0.25) is 0 Å². The molecule has 2 nitrogen and oxygen atoms in total. The van der Waals surface area contributed by atoms with Crippen LogP contribution in [0.1, 0.15) is 30.3 Å². The lowest BCUT2D eigenvalue weighted by Gasteiger charge is -2.26. The first-order valence-corrected chi connectivity index (χ1v) is 9.79. The molecule has 1 aliphatic heterocycles. The molecule has 23 heavy (non-hydrogen) atoms. The summed E-state index contributed by atoms with van der Waals surface area (Å²) < 4.78 is 0. The third-order valence-electron chi connectivity index (χ3n) is 3.95. The molecule has 1 aromatic heterocycles. The second kappa shape index (κ2) is 6.93. The summed E-state index contributed by atoms with van der Waals surface area (Å²) in [6.07, 6.45) is 1.86. The summed E-state index contributed by atoms with van der Waals surface area (Å²) in [5.41, 5.74) is 4.83. The molecule has 0 saturated carbocycles. The van der Waals surface area contributed by atoms with Gasteiger partial charge in [0.2, 0.25) is 5.91 Å². The molecule has 3 rings (SSSR count). The fourth-order valence-electron chi connectivity index (χ4n) is 2.83. The number of amides is 1. The van der Waals surface area contributed by atoms with Crippen molar-refractivity contribution in [2.24, 2.45) is 5.92 Å². The van der Waals surface area contributed by atoms with E-state index in [9.17, 15) is 4.79 Å². The van der Waals surface area contributed by atoms with Gasteiger partial charge in [-0.1, -0.05) is 50.8 Å². The van der Waals surface area contributed by atoms with Crippen LogP contribution >= 0.6 is 23.1 Å². The van der Waals surface area contributed by atoms with Crippen molar-refractivity contribution in [3.8, 4) is 11.1 Å². The zero-order valence-electron chi connectivity index (χ0n) is 13.5. The molecule has 0 aliphatic carbocycles. The highest BCUT2D eigenvalue weighted by atomic mass is 32.2. The molecule has 120 valence electrons. The third kappa shape index (κ3) is 3.38. The molecule has 4 heteroatoms. The van der Waals surface area contributed by atoms with Crippen LogP contribution in [0.5, 0.6) is 0 Å². The molecule has 1 fully saturated rings. The number of rotatable bonds is 5. The van der Waals surface area contributed by atoms with Crippen molar-refractivity contribution < 1.29 is 4.79 Å². The molecule has 0 radical (unpaired) electrons. The van der Waals surface area contributed by atoms with E-state index in [1.165, 1.54) is 16.7 Å². The van der Waals surface area contributed by atoms with Crippen LogP contribution in [0.15, 0.2) is 41.6 Å². The lowest BCUT2D eigenvalue weighted by Crippen LogP contribution is -2.31. The molecular formula is C19H21NOS2. The van der Waals surface area contributed by atoms with Crippen LogP contribution in [0.25, 0.3) is 17.2 Å². The van der Waals surface area contributed by atoms with Gasteiger partial charge in [0, 0.05) is 12.1 Å². The smallest absolute Gasteiger partial charge is 0.233 e. The first-order chi connectivity index (χ1) is 11.1. The molecule has 1 amide bonds. The Balaban J connectivity index is 1.93. The second-order valence-corrected chi connectivity index (χ2v) is 7.98. The molecule has 2 heterocycles. The van der Waals surface area contributed by atoms with E-state index in [1.807, 2.05) is 11.0 Å². The van der Waals surface area contributed by atoms with Crippen molar-refractivity contribution in [1.82, 2.24) is 4.90 Å². The van der Waals surface area contributed by atoms with Crippen LogP contribution in [-0.2, 0) is 4.79 Å². The number of benzene rings is 1. The largest absolute Gasteiger partial charge is 0.326 e. The van der Waals surface area contributed by atoms with Crippen LogP contribution in [0.4, 0.5) is 0 Å². The quantitative estimate of drug-likeness (QED) is 0.735. The van der Waals surface area contributed by atoms with Crippen molar-refractivity contribution in [1.29, 1.82) is 0 Å². The number of carbonyl (C=O) groups excluding carboxylic acids is 1. The maximum Gasteiger partial charge on any atom is 0.233 e. The van der Waals surface area contributed by atoms with Gasteiger partial charge in [-0.2, -0.15) is 11.3 Å². The number of nitrogens with zero attached hydrogens (tertiary/aromatic N) is 1. The molecule has 1 atom stereocenters. The van der Waals surface area contributed by atoms with Gasteiger partial charge in [0.05, 0.1) is 5.75 Å². The average Bonchev–Trinajstić information content (AvgIpc) is 3.15. The lowest BCUT2D eigenvalue weighted by atomic mass is 10.0. The number of carbonyl (C=O) groups is 1. The summed E-state index contributed by atoms with van der Waals surface area (Å²) in [6.45, 7) is 8.95. The zero-order valence-corrected chi connectivity index (χ0v) is 15.1. The first-order valence-electron chi connectivity index (χ1n) is 7.80. The highest BCUT2D eigenvalue weighted by Gasteiger charge is 2.34. The highest BCUT2D eigenvalue weighted by molar-refractivity contribution is 8.00. The summed E-state index contributed by atoms with van der Waals surface area (Å²) in [5, 5.41) is 4.53. The Morgan fingerprint density at radius 2 is 2.04 bits per heavy atom. The van der Waals surface area contributed by atoms with E-state index >= 15 is 0 Å². The topological polar surface area (TPSA) is 20.3 Å². The summed E-state index contributed by atoms with van der Waals surface area (Å²) in [4.78, 5) is 14.3. The molecule has 1 aliphatic rings. The molecular weight excluding hydrogens is 322 g/mol. The van der Waals surface area contributed by atoms with Crippen molar-refractivity contribution in [3.05, 3.63) is 52.7 Å². The molecule has 1 unspecified atom stereocenters. The Bertz CT molecular complexity index is 702.